The first-order valence-electron chi connectivity index (χ1n) is 11.0. The largest absolute Gasteiger partial charge is 0.480 e. The highest BCUT2D eigenvalue weighted by Gasteiger charge is 2.28. The van der Waals surface area contributed by atoms with Crippen molar-refractivity contribution in [1.29, 1.82) is 0 Å². The maximum absolute atomic E-state index is 12.9. The van der Waals surface area contributed by atoms with E-state index in [1.807, 2.05) is 60.7 Å². The Morgan fingerprint density at radius 3 is 2.11 bits per heavy atom. The molecule has 0 atom stereocenters. The van der Waals surface area contributed by atoms with Gasteiger partial charge in [-0.05, 0) is 23.6 Å². The Labute approximate surface area is 202 Å². The molecule has 0 fully saturated rings. The van der Waals surface area contributed by atoms with E-state index in [1.54, 1.807) is 17.5 Å². The summed E-state index contributed by atoms with van der Waals surface area (Å²) in [4.78, 5) is 36.7. The van der Waals surface area contributed by atoms with Gasteiger partial charge < -0.3 is 15.2 Å². The number of amides is 1. The molecule has 0 unspecified atom stereocenters. The Morgan fingerprint density at radius 1 is 0.943 bits per heavy atom. The summed E-state index contributed by atoms with van der Waals surface area (Å²) < 4.78 is 12.1. The molecule has 0 aliphatic rings. The van der Waals surface area contributed by atoms with Gasteiger partial charge in [-0.25, -0.2) is 9.31 Å². The normalized spacial score (nSPS) is 10.8. The van der Waals surface area contributed by atoms with E-state index in [0.717, 1.165) is 11.1 Å². The van der Waals surface area contributed by atoms with Crippen LogP contribution in [0.5, 0.6) is 5.75 Å². The lowest BCUT2D eigenvalue weighted by Crippen LogP contribution is -2.24. The fraction of sp³-hybridized carbons (Fsp3) is 0.185. The number of aromatic nitrogens is 2. The quantitative estimate of drug-likeness (QED) is 0.228. The molecule has 2 heterocycles. The Kier molecular flexibility index (Phi) is 6.91. The summed E-state index contributed by atoms with van der Waals surface area (Å²) in [6.45, 7) is 1.38. The van der Waals surface area contributed by atoms with E-state index in [9.17, 15) is 14.4 Å². The van der Waals surface area contributed by atoms with Gasteiger partial charge in [-0.2, -0.15) is 5.10 Å². The molecule has 35 heavy (non-hydrogen) atoms. The molecule has 0 aliphatic heterocycles. The van der Waals surface area contributed by atoms with Gasteiger partial charge in [-0.15, -0.1) is 0 Å². The highest BCUT2D eigenvalue weighted by Crippen LogP contribution is 2.33. The maximum Gasteiger partial charge on any atom is 0.343 e. The van der Waals surface area contributed by atoms with Crippen LogP contribution in [0.1, 0.15) is 38.4 Å². The zero-order chi connectivity index (χ0) is 24.9. The first-order valence-corrected chi connectivity index (χ1v) is 11.0. The van der Waals surface area contributed by atoms with Gasteiger partial charge >= 0.3 is 5.97 Å². The van der Waals surface area contributed by atoms with Crippen molar-refractivity contribution in [2.75, 3.05) is 13.7 Å². The summed E-state index contributed by atoms with van der Waals surface area (Å²) in [7, 11) is 1.26. The number of Topliss-reactive ketones (excluding diaryl/α,β-unsaturated/α-hetero) is 1. The molecule has 0 saturated carbocycles. The third kappa shape index (κ3) is 5.06. The fourth-order valence-electron chi connectivity index (χ4n) is 4.03. The van der Waals surface area contributed by atoms with Crippen molar-refractivity contribution in [3.8, 4) is 5.75 Å². The van der Waals surface area contributed by atoms with Crippen LogP contribution in [0.25, 0.3) is 5.52 Å². The van der Waals surface area contributed by atoms with Crippen molar-refractivity contribution in [3.63, 3.8) is 0 Å². The lowest BCUT2D eigenvalue weighted by atomic mass is 10.0. The number of primary amides is 1. The summed E-state index contributed by atoms with van der Waals surface area (Å²) in [5.74, 6) is -2.28. The molecular formula is C27H25N3O5. The van der Waals surface area contributed by atoms with Gasteiger partial charge in [0.1, 0.15) is 11.3 Å². The van der Waals surface area contributed by atoms with Crippen LogP contribution in [-0.2, 0) is 27.2 Å². The number of carbonyl (C=O) groups is 3. The van der Waals surface area contributed by atoms with E-state index >= 15 is 0 Å². The van der Waals surface area contributed by atoms with Gasteiger partial charge in [0.2, 0.25) is 0 Å². The topological polar surface area (TPSA) is 113 Å². The van der Waals surface area contributed by atoms with Gasteiger partial charge in [0.05, 0.1) is 24.1 Å². The smallest absolute Gasteiger partial charge is 0.343 e. The van der Waals surface area contributed by atoms with Crippen LogP contribution < -0.4 is 10.5 Å². The van der Waals surface area contributed by atoms with Crippen molar-refractivity contribution in [2.45, 2.75) is 19.8 Å². The highest BCUT2D eigenvalue weighted by molar-refractivity contribution is 6.44. The molecule has 8 nitrogen and oxygen atoms in total. The number of rotatable bonds is 9. The Balaban J connectivity index is 1.95. The van der Waals surface area contributed by atoms with Gasteiger partial charge in [0, 0.05) is 18.9 Å². The zero-order valence-electron chi connectivity index (χ0n) is 19.5. The first kappa shape index (κ1) is 23.7. The average Bonchev–Trinajstić information content (AvgIpc) is 3.14. The summed E-state index contributed by atoms with van der Waals surface area (Å²) in [5, 5.41) is 4.81. The second kappa shape index (κ2) is 10.2. The molecule has 0 aliphatic carbocycles. The van der Waals surface area contributed by atoms with Crippen molar-refractivity contribution in [2.24, 2.45) is 5.73 Å². The van der Waals surface area contributed by atoms with Gasteiger partial charge in [-0.3, -0.25) is 9.59 Å². The van der Waals surface area contributed by atoms with Crippen LogP contribution in [0.2, 0.25) is 0 Å². The number of hydrogen-bond acceptors (Lipinski definition) is 6. The molecule has 178 valence electrons. The lowest BCUT2D eigenvalue weighted by Gasteiger charge is -2.12. The molecule has 0 bridgehead atoms. The van der Waals surface area contributed by atoms with Crippen LogP contribution in [0.3, 0.4) is 0 Å². The molecule has 4 aromatic rings. The average molecular weight is 472 g/mol. The van der Waals surface area contributed by atoms with Crippen molar-refractivity contribution in [3.05, 3.63) is 100 Å². The van der Waals surface area contributed by atoms with E-state index in [2.05, 4.69) is 0 Å². The van der Waals surface area contributed by atoms with Crippen LogP contribution in [0.4, 0.5) is 0 Å². The molecular weight excluding hydrogens is 446 g/mol. The molecule has 8 heteroatoms. The van der Waals surface area contributed by atoms with Crippen molar-refractivity contribution >= 4 is 23.2 Å². The molecule has 0 spiro atoms. The molecule has 0 radical (unpaired) electrons. The predicted octanol–water partition coefficient (Wildman–Crippen LogP) is 3.04. The first-order chi connectivity index (χ1) is 16.9. The Morgan fingerprint density at radius 2 is 1.54 bits per heavy atom. The number of fused-ring (bicyclic) bond motifs is 1. The van der Waals surface area contributed by atoms with E-state index in [1.165, 1.54) is 7.11 Å². The van der Waals surface area contributed by atoms with Crippen molar-refractivity contribution < 1.29 is 23.9 Å². The van der Waals surface area contributed by atoms with Gasteiger partial charge in [-0.1, -0.05) is 60.7 Å². The summed E-state index contributed by atoms with van der Waals surface area (Å²) in [5.41, 5.74) is 9.76. The number of nitrogens with zero attached hydrogens (tertiary/aromatic N) is 2. The molecule has 2 aromatic carbocycles. The Bertz CT molecular complexity index is 1400. The van der Waals surface area contributed by atoms with E-state index in [4.69, 9.17) is 20.3 Å². The predicted molar refractivity (Wildman–Crippen MR) is 129 cm³/mol. The fourth-order valence-corrected chi connectivity index (χ4v) is 4.03. The van der Waals surface area contributed by atoms with Crippen LogP contribution in [0, 0.1) is 6.92 Å². The lowest BCUT2D eigenvalue weighted by molar-refractivity contribution is -0.142. The molecule has 0 saturated heterocycles. The maximum atomic E-state index is 12.9. The monoisotopic (exact) mass is 471 g/mol. The number of ketones is 1. The molecule has 2 N–H and O–H groups in total. The highest BCUT2D eigenvalue weighted by atomic mass is 16.6. The minimum atomic E-state index is -1.08. The third-order valence-corrected chi connectivity index (χ3v) is 5.74. The number of hydrogen-bond donors (Lipinski definition) is 1. The van der Waals surface area contributed by atoms with Gasteiger partial charge in [0.25, 0.3) is 11.7 Å². The number of methoxy groups -OCH3 is 1. The molecule has 2 aromatic heterocycles. The standard InChI is InChI=1S/C27H25N3O5/c1-17-21(14-19-11-7-4-8-12-19)30-25(24(17)26(32)27(28)33)22(35-16-23(31)34-2)15-20(29-30)13-18-9-5-3-6-10-18/h3-12,15H,13-14,16H2,1-2H3,(H2,28,33). The second-order valence-corrected chi connectivity index (χ2v) is 8.09. The van der Waals surface area contributed by atoms with E-state index in [-0.39, 0.29) is 23.4 Å². The number of carbonyl (C=O) groups excluding carboxylic acids is 3. The molecule has 1 amide bonds. The van der Waals surface area contributed by atoms with Crippen LogP contribution in [-0.4, -0.2) is 41.0 Å². The number of benzene rings is 2. The number of esters is 1. The number of ether oxygens (including phenoxy) is 2. The zero-order valence-corrected chi connectivity index (χ0v) is 19.5. The Hall–Kier alpha value is -4.46. The van der Waals surface area contributed by atoms with Gasteiger partial charge in [0.15, 0.2) is 6.61 Å². The van der Waals surface area contributed by atoms with Crippen molar-refractivity contribution in [1.82, 2.24) is 9.61 Å². The minimum absolute atomic E-state index is 0.113. The minimum Gasteiger partial charge on any atom is -0.480 e. The van der Waals surface area contributed by atoms with E-state index < -0.39 is 17.7 Å². The van der Waals surface area contributed by atoms with E-state index in [0.29, 0.717) is 29.8 Å². The summed E-state index contributed by atoms with van der Waals surface area (Å²) >= 11 is 0. The number of nitrogens with two attached hydrogens (primary N) is 1. The van der Waals surface area contributed by atoms with Crippen LogP contribution >= 0.6 is 0 Å². The summed E-state index contributed by atoms with van der Waals surface area (Å²) in [6, 6.07) is 21.2. The third-order valence-electron chi connectivity index (χ3n) is 5.74. The SMILES string of the molecule is COC(=O)COc1cc(Cc2ccccc2)nn2c(Cc3ccccc3)c(C)c(C(=O)C(N)=O)c12. The summed E-state index contributed by atoms with van der Waals surface area (Å²) in [6.07, 6.45) is 0.949. The molecule has 4 rings (SSSR count). The second-order valence-electron chi connectivity index (χ2n) is 8.09. The van der Waals surface area contributed by atoms with Crippen LogP contribution in [0.15, 0.2) is 66.7 Å².